The molecule has 1 N–H and O–H groups in total. The van der Waals surface area contributed by atoms with Gasteiger partial charge in [0, 0.05) is 12.0 Å². The van der Waals surface area contributed by atoms with Crippen molar-refractivity contribution in [1.82, 2.24) is 5.16 Å². The maximum absolute atomic E-state index is 8.95. The summed E-state index contributed by atoms with van der Waals surface area (Å²) in [6.45, 7) is 0.0127. The lowest BCUT2D eigenvalue weighted by molar-refractivity contribution is 0.264. The van der Waals surface area contributed by atoms with Crippen LogP contribution in [0.3, 0.4) is 0 Å². The summed E-state index contributed by atoms with van der Waals surface area (Å²) in [5.41, 5.74) is 1.90. The van der Waals surface area contributed by atoms with Gasteiger partial charge in [0.15, 0.2) is 0 Å². The monoisotopic (exact) mass is 167 g/mol. The van der Waals surface area contributed by atoms with Crippen molar-refractivity contribution in [2.75, 3.05) is 0 Å². The topological polar surface area (TPSA) is 46.3 Å². The summed E-state index contributed by atoms with van der Waals surface area (Å²) in [7, 11) is 0. The Hall–Kier alpha value is -0.830. The van der Waals surface area contributed by atoms with Crippen LogP contribution in [0.4, 0.5) is 0 Å². The van der Waals surface area contributed by atoms with E-state index in [-0.39, 0.29) is 6.61 Å². The highest BCUT2D eigenvalue weighted by Gasteiger charge is 2.16. The summed E-state index contributed by atoms with van der Waals surface area (Å²) in [4.78, 5) is 0. The minimum absolute atomic E-state index is 0.0127. The number of aliphatic hydroxyl groups is 1. The van der Waals surface area contributed by atoms with Gasteiger partial charge in [-0.2, -0.15) is 0 Å². The summed E-state index contributed by atoms with van der Waals surface area (Å²) in [5.74, 6) is 0.997. The molecule has 0 spiro atoms. The van der Waals surface area contributed by atoms with E-state index >= 15 is 0 Å². The minimum atomic E-state index is 0.0127. The van der Waals surface area contributed by atoms with Gasteiger partial charge in [-0.05, 0) is 19.3 Å². The standard InChI is InChI=1S/C9H13NO2/c11-6-8-7-4-2-1-3-5-9(7)12-10-8/h11H,1-6H2. The van der Waals surface area contributed by atoms with Crippen molar-refractivity contribution in [3.63, 3.8) is 0 Å². The smallest absolute Gasteiger partial charge is 0.140 e. The number of fused-ring (bicyclic) bond motifs is 1. The Morgan fingerprint density at radius 1 is 1.25 bits per heavy atom. The van der Waals surface area contributed by atoms with E-state index in [0.29, 0.717) is 0 Å². The molecule has 1 aliphatic carbocycles. The second-order valence-electron chi connectivity index (χ2n) is 3.25. The van der Waals surface area contributed by atoms with E-state index in [9.17, 15) is 0 Å². The van der Waals surface area contributed by atoms with Crippen molar-refractivity contribution in [3.05, 3.63) is 17.0 Å². The Balaban J connectivity index is 2.32. The summed E-state index contributed by atoms with van der Waals surface area (Å²) in [6, 6.07) is 0. The number of rotatable bonds is 1. The molecule has 1 heterocycles. The van der Waals surface area contributed by atoms with Crippen LogP contribution < -0.4 is 0 Å². The third-order valence-corrected chi connectivity index (χ3v) is 2.43. The van der Waals surface area contributed by atoms with Crippen LogP contribution in [0.2, 0.25) is 0 Å². The molecule has 1 aliphatic rings. The first-order valence-corrected chi connectivity index (χ1v) is 4.49. The van der Waals surface area contributed by atoms with Gasteiger partial charge < -0.3 is 9.63 Å². The molecular formula is C9H13NO2. The molecule has 0 unspecified atom stereocenters. The molecule has 0 amide bonds. The highest BCUT2D eigenvalue weighted by molar-refractivity contribution is 5.23. The van der Waals surface area contributed by atoms with Gasteiger partial charge in [-0.15, -0.1) is 0 Å². The van der Waals surface area contributed by atoms with Gasteiger partial charge in [0.05, 0.1) is 6.61 Å². The predicted octanol–water partition coefficient (Wildman–Crippen LogP) is 1.44. The van der Waals surface area contributed by atoms with Crippen molar-refractivity contribution in [3.8, 4) is 0 Å². The molecule has 0 bridgehead atoms. The van der Waals surface area contributed by atoms with Crippen LogP contribution in [0.5, 0.6) is 0 Å². The van der Waals surface area contributed by atoms with Gasteiger partial charge >= 0.3 is 0 Å². The van der Waals surface area contributed by atoms with Crippen LogP contribution in [0, 0.1) is 0 Å². The first kappa shape index (κ1) is 7.80. The molecule has 0 radical (unpaired) electrons. The first-order valence-electron chi connectivity index (χ1n) is 4.49. The fraction of sp³-hybridized carbons (Fsp3) is 0.667. The second kappa shape index (κ2) is 3.27. The summed E-state index contributed by atoms with van der Waals surface area (Å²) in [5, 5.41) is 12.8. The SMILES string of the molecule is OCc1noc2c1CCCCC2. The molecule has 0 fully saturated rings. The van der Waals surface area contributed by atoms with E-state index in [4.69, 9.17) is 9.63 Å². The van der Waals surface area contributed by atoms with Crippen molar-refractivity contribution in [2.24, 2.45) is 0 Å². The van der Waals surface area contributed by atoms with E-state index in [1.165, 1.54) is 19.3 Å². The van der Waals surface area contributed by atoms with Crippen LogP contribution >= 0.6 is 0 Å². The van der Waals surface area contributed by atoms with Gasteiger partial charge in [-0.3, -0.25) is 0 Å². The van der Waals surface area contributed by atoms with E-state index in [2.05, 4.69) is 5.16 Å². The fourth-order valence-electron chi connectivity index (χ4n) is 1.75. The zero-order chi connectivity index (χ0) is 8.39. The van der Waals surface area contributed by atoms with Crippen molar-refractivity contribution in [1.29, 1.82) is 0 Å². The zero-order valence-corrected chi connectivity index (χ0v) is 7.05. The highest BCUT2D eigenvalue weighted by Crippen LogP contribution is 2.23. The molecule has 2 rings (SSSR count). The Morgan fingerprint density at radius 2 is 2.08 bits per heavy atom. The first-order chi connectivity index (χ1) is 5.92. The number of aliphatic hydroxyl groups excluding tert-OH is 1. The number of hydrogen-bond acceptors (Lipinski definition) is 3. The maximum atomic E-state index is 8.95. The molecule has 3 heteroatoms. The van der Waals surface area contributed by atoms with Gasteiger partial charge in [-0.25, -0.2) is 0 Å². The molecule has 3 nitrogen and oxygen atoms in total. The van der Waals surface area contributed by atoms with Crippen LogP contribution in [-0.2, 0) is 19.4 Å². The third-order valence-electron chi connectivity index (χ3n) is 2.43. The quantitative estimate of drug-likeness (QED) is 0.644. The van der Waals surface area contributed by atoms with Gasteiger partial charge in [-0.1, -0.05) is 11.6 Å². The van der Waals surface area contributed by atoms with Crippen LogP contribution in [0.15, 0.2) is 4.52 Å². The van der Waals surface area contributed by atoms with E-state index in [1.807, 2.05) is 0 Å². The largest absolute Gasteiger partial charge is 0.390 e. The van der Waals surface area contributed by atoms with Gasteiger partial charge in [0.1, 0.15) is 11.5 Å². The lowest BCUT2D eigenvalue weighted by atomic mass is 10.1. The van der Waals surface area contributed by atoms with Gasteiger partial charge in [0.25, 0.3) is 0 Å². The molecule has 0 saturated carbocycles. The molecule has 66 valence electrons. The number of nitrogens with zero attached hydrogens (tertiary/aromatic N) is 1. The summed E-state index contributed by atoms with van der Waals surface area (Å²) < 4.78 is 5.15. The van der Waals surface area contributed by atoms with Crippen molar-refractivity contribution in [2.45, 2.75) is 38.7 Å². The van der Waals surface area contributed by atoms with Crippen LogP contribution in [-0.4, -0.2) is 10.3 Å². The Bertz CT molecular complexity index is 267. The fourth-order valence-corrected chi connectivity index (χ4v) is 1.75. The van der Waals surface area contributed by atoms with Crippen molar-refractivity contribution < 1.29 is 9.63 Å². The molecule has 0 atom stereocenters. The zero-order valence-electron chi connectivity index (χ0n) is 7.05. The minimum Gasteiger partial charge on any atom is -0.390 e. The third kappa shape index (κ3) is 1.25. The Kier molecular flexibility index (Phi) is 2.13. The van der Waals surface area contributed by atoms with Gasteiger partial charge in [0.2, 0.25) is 0 Å². The molecule has 1 aromatic heterocycles. The Morgan fingerprint density at radius 3 is 2.92 bits per heavy atom. The summed E-state index contributed by atoms with van der Waals surface area (Å²) >= 11 is 0. The van der Waals surface area contributed by atoms with Crippen LogP contribution in [0.1, 0.15) is 36.3 Å². The molecule has 1 aromatic rings. The molecule has 0 saturated heterocycles. The lowest BCUT2D eigenvalue weighted by Crippen LogP contribution is -1.92. The molecule has 0 aliphatic heterocycles. The van der Waals surface area contributed by atoms with Crippen LogP contribution in [0.25, 0.3) is 0 Å². The summed E-state index contributed by atoms with van der Waals surface area (Å²) in [6.07, 6.45) is 5.65. The molecular weight excluding hydrogens is 154 g/mol. The molecule has 12 heavy (non-hydrogen) atoms. The number of hydrogen-bond donors (Lipinski definition) is 1. The van der Waals surface area contributed by atoms with E-state index < -0.39 is 0 Å². The predicted molar refractivity (Wildman–Crippen MR) is 43.7 cm³/mol. The van der Waals surface area contributed by atoms with E-state index in [1.54, 1.807) is 0 Å². The number of aromatic nitrogens is 1. The maximum Gasteiger partial charge on any atom is 0.140 e. The number of aryl methyl sites for hydroxylation is 1. The average Bonchev–Trinajstić information content (AvgIpc) is 2.33. The van der Waals surface area contributed by atoms with E-state index in [0.717, 1.165) is 29.9 Å². The average molecular weight is 167 g/mol. The van der Waals surface area contributed by atoms with Crippen molar-refractivity contribution >= 4 is 0 Å². The highest BCUT2D eigenvalue weighted by atomic mass is 16.5. The molecule has 0 aromatic carbocycles. The Labute approximate surface area is 71.4 Å². The lowest BCUT2D eigenvalue weighted by Gasteiger charge is -1.94. The second-order valence-corrected chi connectivity index (χ2v) is 3.25. The normalized spacial score (nSPS) is 17.1.